The number of sulfonamides is 1. The first-order valence-electron chi connectivity index (χ1n) is 11.6. The van der Waals surface area contributed by atoms with Crippen molar-refractivity contribution in [3.63, 3.8) is 0 Å². The number of rotatable bonds is 8. The maximum atomic E-state index is 13.4. The average Bonchev–Trinajstić information content (AvgIpc) is 3.41. The van der Waals surface area contributed by atoms with E-state index >= 15 is 0 Å². The zero-order chi connectivity index (χ0) is 24.3. The number of nitrogens with one attached hydrogen (secondary N) is 1. The smallest absolute Gasteiger partial charge is 0.269 e. The van der Waals surface area contributed by atoms with Gasteiger partial charge in [-0.1, -0.05) is 55.3 Å². The van der Waals surface area contributed by atoms with Crippen molar-refractivity contribution in [3.8, 4) is 0 Å². The molecule has 0 bridgehead atoms. The molecule has 1 heterocycles. The van der Waals surface area contributed by atoms with E-state index in [1.54, 1.807) is 13.0 Å². The molecule has 0 saturated heterocycles. The van der Waals surface area contributed by atoms with Gasteiger partial charge in [0.2, 0.25) is 11.8 Å². The Morgan fingerprint density at radius 2 is 1.71 bits per heavy atom. The molecule has 0 radical (unpaired) electrons. The summed E-state index contributed by atoms with van der Waals surface area (Å²) in [6, 6.07) is 14.7. The van der Waals surface area contributed by atoms with Crippen LogP contribution >= 0.6 is 0 Å². The number of hydrogen-bond donors (Lipinski definition) is 1. The van der Waals surface area contributed by atoms with Gasteiger partial charge in [0.1, 0.15) is 17.5 Å². The van der Waals surface area contributed by atoms with Gasteiger partial charge in [-0.2, -0.15) is 0 Å². The molecule has 1 aliphatic carbocycles. The number of benzene rings is 2. The predicted octanol–water partition coefficient (Wildman–Crippen LogP) is 2.35. The quantitative estimate of drug-likeness (QED) is 0.621. The highest BCUT2D eigenvalue weighted by atomic mass is 32.2. The number of nitrogens with zero attached hydrogens (tertiary/aromatic N) is 2. The van der Waals surface area contributed by atoms with E-state index < -0.39 is 34.4 Å². The third kappa shape index (κ3) is 4.84. The summed E-state index contributed by atoms with van der Waals surface area (Å²) in [6.07, 6.45) is 4.44. The molecule has 180 valence electrons. The molecule has 1 aliphatic heterocycles. The molecule has 2 aliphatic rings. The minimum absolute atomic E-state index is 0.0539. The maximum Gasteiger partial charge on any atom is 0.269 e. The van der Waals surface area contributed by atoms with Crippen LogP contribution in [0.15, 0.2) is 59.5 Å². The van der Waals surface area contributed by atoms with Crippen LogP contribution < -0.4 is 5.32 Å². The Bertz CT molecular complexity index is 1180. The highest BCUT2D eigenvalue weighted by Gasteiger charge is 2.43. The second-order valence-corrected chi connectivity index (χ2v) is 10.6. The molecule has 1 saturated carbocycles. The van der Waals surface area contributed by atoms with Crippen LogP contribution in [0.1, 0.15) is 48.5 Å². The number of hydrogen-bond acceptors (Lipinski definition) is 5. The van der Waals surface area contributed by atoms with Gasteiger partial charge in [-0.05, 0) is 43.9 Å². The fourth-order valence-corrected chi connectivity index (χ4v) is 6.08. The molecule has 0 spiro atoms. The van der Waals surface area contributed by atoms with Crippen LogP contribution in [-0.4, -0.2) is 60.5 Å². The van der Waals surface area contributed by atoms with E-state index in [4.69, 9.17) is 0 Å². The standard InChI is InChI=1S/C25H29N3O5S/c1-18(24(30)26-20-11-5-6-12-20)27(16-15-19-9-3-2-4-10-19)23(29)17-28-25(31)21-13-7-8-14-22(21)34(28,32)33/h2-4,7-10,13-14,18,20H,5-6,11-12,15-17H2,1H3,(H,26,30)/t18-/m1/s1. The summed E-state index contributed by atoms with van der Waals surface area (Å²) < 4.78 is 26.5. The van der Waals surface area contributed by atoms with Crippen molar-refractivity contribution in [2.45, 2.75) is 56.0 Å². The molecule has 2 aromatic carbocycles. The highest BCUT2D eigenvalue weighted by molar-refractivity contribution is 7.90. The molecule has 4 rings (SSSR count). The largest absolute Gasteiger partial charge is 0.352 e. The van der Waals surface area contributed by atoms with E-state index in [2.05, 4.69) is 5.32 Å². The van der Waals surface area contributed by atoms with Crippen LogP contribution in [0.5, 0.6) is 0 Å². The molecular formula is C25H29N3O5S. The van der Waals surface area contributed by atoms with Crippen LogP contribution in [0.4, 0.5) is 0 Å². The molecule has 0 aromatic heterocycles. The van der Waals surface area contributed by atoms with Gasteiger partial charge in [0.25, 0.3) is 15.9 Å². The van der Waals surface area contributed by atoms with Crippen molar-refractivity contribution in [1.29, 1.82) is 0 Å². The fraction of sp³-hybridized carbons (Fsp3) is 0.400. The van der Waals surface area contributed by atoms with Gasteiger partial charge in [-0.15, -0.1) is 0 Å². The van der Waals surface area contributed by atoms with E-state index in [1.807, 2.05) is 30.3 Å². The Morgan fingerprint density at radius 3 is 2.38 bits per heavy atom. The van der Waals surface area contributed by atoms with E-state index in [1.165, 1.54) is 23.1 Å². The van der Waals surface area contributed by atoms with Crippen molar-refractivity contribution in [2.24, 2.45) is 0 Å². The molecular weight excluding hydrogens is 454 g/mol. The lowest BCUT2D eigenvalue weighted by Gasteiger charge is -2.30. The Kier molecular flexibility index (Phi) is 7.02. The van der Waals surface area contributed by atoms with E-state index in [0.29, 0.717) is 10.7 Å². The van der Waals surface area contributed by atoms with Crippen LogP contribution in [0.3, 0.4) is 0 Å². The number of amides is 3. The Morgan fingerprint density at radius 1 is 1.06 bits per heavy atom. The summed E-state index contributed by atoms with van der Waals surface area (Å²) in [5, 5.41) is 3.01. The molecule has 9 heteroatoms. The molecule has 1 atom stereocenters. The lowest BCUT2D eigenvalue weighted by Crippen LogP contribution is -2.53. The van der Waals surface area contributed by atoms with Gasteiger partial charge >= 0.3 is 0 Å². The molecule has 34 heavy (non-hydrogen) atoms. The van der Waals surface area contributed by atoms with Gasteiger partial charge in [-0.25, -0.2) is 12.7 Å². The van der Waals surface area contributed by atoms with E-state index in [-0.39, 0.29) is 29.0 Å². The minimum Gasteiger partial charge on any atom is -0.352 e. The van der Waals surface area contributed by atoms with Gasteiger partial charge in [0, 0.05) is 12.6 Å². The molecule has 8 nitrogen and oxygen atoms in total. The number of carbonyl (C=O) groups excluding carboxylic acids is 3. The highest BCUT2D eigenvalue weighted by Crippen LogP contribution is 2.30. The van der Waals surface area contributed by atoms with E-state index in [9.17, 15) is 22.8 Å². The third-order valence-corrected chi connectivity index (χ3v) is 8.33. The monoisotopic (exact) mass is 483 g/mol. The summed E-state index contributed by atoms with van der Waals surface area (Å²) in [6.45, 7) is 1.21. The van der Waals surface area contributed by atoms with Crippen LogP contribution in [-0.2, 0) is 26.0 Å². The lowest BCUT2D eigenvalue weighted by molar-refractivity contribution is -0.140. The Labute approximate surface area is 200 Å². The van der Waals surface area contributed by atoms with Crippen LogP contribution in [0, 0.1) is 0 Å². The van der Waals surface area contributed by atoms with Crippen molar-refractivity contribution >= 4 is 27.7 Å². The summed E-state index contributed by atoms with van der Waals surface area (Å²) >= 11 is 0. The molecule has 1 N–H and O–H groups in total. The fourth-order valence-electron chi connectivity index (χ4n) is 4.56. The zero-order valence-corrected chi connectivity index (χ0v) is 20.0. The van der Waals surface area contributed by atoms with E-state index in [0.717, 1.165) is 31.2 Å². The molecule has 3 amide bonds. The SMILES string of the molecule is C[C@H](C(=O)NC1CCCC1)N(CCc1ccccc1)C(=O)CN1C(=O)c2ccccc2S1(=O)=O. The normalized spacial score (nSPS) is 17.9. The summed E-state index contributed by atoms with van der Waals surface area (Å²) in [5.41, 5.74) is 1.04. The first kappa shape index (κ1) is 23.9. The molecule has 1 fully saturated rings. The number of carbonyl (C=O) groups is 3. The second-order valence-electron chi connectivity index (χ2n) is 8.80. The second kappa shape index (κ2) is 9.97. The van der Waals surface area contributed by atoms with Crippen LogP contribution in [0.2, 0.25) is 0 Å². The minimum atomic E-state index is -4.12. The van der Waals surface area contributed by atoms with Gasteiger partial charge in [-0.3, -0.25) is 14.4 Å². The number of fused-ring (bicyclic) bond motifs is 1. The van der Waals surface area contributed by atoms with Crippen molar-refractivity contribution < 1.29 is 22.8 Å². The van der Waals surface area contributed by atoms with Crippen molar-refractivity contribution in [1.82, 2.24) is 14.5 Å². The summed E-state index contributed by atoms with van der Waals surface area (Å²) in [5.74, 6) is -1.59. The Hall–Kier alpha value is -3.20. The topological polar surface area (TPSA) is 104 Å². The maximum absolute atomic E-state index is 13.4. The predicted molar refractivity (Wildman–Crippen MR) is 126 cm³/mol. The van der Waals surface area contributed by atoms with Crippen molar-refractivity contribution in [3.05, 3.63) is 65.7 Å². The van der Waals surface area contributed by atoms with Gasteiger partial charge < -0.3 is 10.2 Å². The first-order valence-corrected chi connectivity index (χ1v) is 13.0. The van der Waals surface area contributed by atoms with Crippen LogP contribution in [0.25, 0.3) is 0 Å². The third-order valence-electron chi connectivity index (χ3n) is 6.54. The van der Waals surface area contributed by atoms with Gasteiger partial charge in [0.05, 0.1) is 5.56 Å². The molecule has 0 unspecified atom stereocenters. The summed E-state index contributed by atoms with van der Waals surface area (Å²) in [7, 11) is -4.12. The lowest BCUT2D eigenvalue weighted by atomic mass is 10.1. The Balaban J connectivity index is 1.53. The summed E-state index contributed by atoms with van der Waals surface area (Å²) in [4.78, 5) is 40.4. The van der Waals surface area contributed by atoms with Crippen molar-refractivity contribution in [2.75, 3.05) is 13.1 Å². The average molecular weight is 484 g/mol. The molecule has 2 aromatic rings. The van der Waals surface area contributed by atoms with Gasteiger partial charge in [0.15, 0.2) is 0 Å². The zero-order valence-electron chi connectivity index (χ0n) is 19.1. The first-order chi connectivity index (χ1) is 16.3.